The van der Waals surface area contributed by atoms with Crippen molar-refractivity contribution in [1.82, 2.24) is 9.88 Å². The third-order valence-electron chi connectivity index (χ3n) is 4.56. The van der Waals surface area contributed by atoms with Crippen LogP contribution in [0.1, 0.15) is 17.9 Å². The van der Waals surface area contributed by atoms with Crippen molar-refractivity contribution in [1.29, 1.82) is 0 Å². The molecular weight excluding hydrogens is 330 g/mol. The minimum Gasteiger partial charge on any atom is -0.441 e. The number of aromatic nitrogens is 1. The number of carbonyl (C=O) groups excluding carboxylic acids is 2. The molecule has 1 aliphatic rings. The third kappa shape index (κ3) is 3.31. The number of likely N-dealkylation sites (tertiary alicyclic amines) is 1. The van der Waals surface area contributed by atoms with E-state index >= 15 is 0 Å². The summed E-state index contributed by atoms with van der Waals surface area (Å²) in [6.45, 7) is 2.75. The van der Waals surface area contributed by atoms with Crippen LogP contribution in [0.3, 0.4) is 0 Å². The van der Waals surface area contributed by atoms with Gasteiger partial charge in [0, 0.05) is 38.2 Å². The number of fused-ring (bicyclic) bond motifs is 1. The highest BCUT2D eigenvalue weighted by Crippen LogP contribution is 2.24. The standard InChI is InChI=1S/C20H19N3O3/c1-13-21-17-8-7-16(10-18(17)26-13)22-20(25)15-9-19(24)23(12-15)11-14-5-3-2-4-6-14/h2-8,10,15H,9,11-12H2,1H3,(H,22,25). The molecule has 2 amide bonds. The van der Waals surface area contributed by atoms with Gasteiger partial charge in [-0.15, -0.1) is 0 Å². The Labute approximate surface area is 150 Å². The molecule has 1 unspecified atom stereocenters. The van der Waals surface area contributed by atoms with Crippen LogP contribution in [-0.4, -0.2) is 28.2 Å². The minimum atomic E-state index is -0.349. The molecule has 2 heterocycles. The van der Waals surface area contributed by atoms with Gasteiger partial charge in [-0.25, -0.2) is 4.98 Å². The second-order valence-electron chi connectivity index (χ2n) is 6.57. The van der Waals surface area contributed by atoms with Gasteiger partial charge in [0.2, 0.25) is 11.8 Å². The summed E-state index contributed by atoms with van der Waals surface area (Å²) in [7, 11) is 0. The lowest BCUT2D eigenvalue weighted by Gasteiger charge is -2.16. The fourth-order valence-electron chi connectivity index (χ4n) is 3.27. The van der Waals surface area contributed by atoms with Crippen LogP contribution in [0.25, 0.3) is 11.1 Å². The van der Waals surface area contributed by atoms with Gasteiger partial charge in [-0.05, 0) is 17.7 Å². The van der Waals surface area contributed by atoms with Crippen molar-refractivity contribution in [2.24, 2.45) is 5.92 Å². The van der Waals surface area contributed by atoms with Crippen LogP contribution in [0.2, 0.25) is 0 Å². The minimum absolute atomic E-state index is 0.00955. The van der Waals surface area contributed by atoms with Gasteiger partial charge < -0.3 is 14.6 Å². The maximum absolute atomic E-state index is 12.6. The van der Waals surface area contributed by atoms with Crippen molar-refractivity contribution < 1.29 is 14.0 Å². The molecule has 0 aliphatic carbocycles. The van der Waals surface area contributed by atoms with Crippen molar-refractivity contribution in [3.63, 3.8) is 0 Å². The molecule has 1 saturated heterocycles. The van der Waals surface area contributed by atoms with Gasteiger partial charge in [-0.2, -0.15) is 0 Å². The van der Waals surface area contributed by atoms with Crippen LogP contribution >= 0.6 is 0 Å². The molecule has 6 heteroatoms. The van der Waals surface area contributed by atoms with Crippen molar-refractivity contribution in [2.45, 2.75) is 19.9 Å². The first-order chi connectivity index (χ1) is 12.6. The number of carbonyl (C=O) groups is 2. The first kappa shape index (κ1) is 16.3. The number of aryl methyl sites for hydroxylation is 1. The fraction of sp³-hybridized carbons (Fsp3) is 0.250. The Balaban J connectivity index is 1.42. The first-order valence-corrected chi connectivity index (χ1v) is 8.58. The SMILES string of the molecule is Cc1nc2ccc(NC(=O)C3CC(=O)N(Cc4ccccc4)C3)cc2o1. The van der Waals surface area contributed by atoms with E-state index in [0.717, 1.165) is 11.1 Å². The van der Waals surface area contributed by atoms with Crippen LogP contribution in [0.4, 0.5) is 5.69 Å². The summed E-state index contributed by atoms with van der Waals surface area (Å²) < 4.78 is 5.49. The number of hydrogen-bond donors (Lipinski definition) is 1. The molecule has 1 aliphatic heterocycles. The molecule has 0 saturated carbocycles. The summed E-state index contributed by atoms with van der Waals surface area (Å²) >= 11 is 0. The predicted octanol–water partition coefficient (Wildman–Crippen LogP) is 3.12. The zero-order valence-electron chi connectivity index (χ0n) is 14.4. The summed E-state index contributed by atoms with van der Waals surface area (Å²) in [4.78, 5) is 30.8. The maximum atomic E-state index is 12.6. The Kier molecular flexibility index (Phi) is 4.16. The van der Waals surface area contributed by atoms with Gasteiger partial charge in [0.1, 0.15) is 5.52 Å². The second-order valence-corrected chi connectivity index (χ2v) is 6.57. The number of oxazole rings is 1. The smallest absolute Gasteiger partial charge is 0.229 e. The number of nitrogens with zero attached hydrogens (tertiary/aromatic N) is 2. The highest BCUT2D eigenvalue weighted by Gasteiger charge is 2.34. The van der Waals surface area contributed by atoms with Gasteiger partial charge >= 0.3 is 0 Å². The average molecular weight is 349 g/mol. The number of hydrogen-bond acceptors (Lipinski definition) is 4. The fourth-order valence-corrected chi connectivity index (χ4v) is 3.27. The molecule has 1 fully saturated rings. The van der Waals surface area contributed by atoms with Gasteiger partial charge in [-0.1, -0.05) is 30.3 Å². The maximum Gasteiger partial charge on any atom is 0.229 e. The van der Waals surface area contributed by atoms with Gasteiger partial charge in [0.15, 0.2) is 11.5 Å². The molecule has 0 radical (unpaired) electrons. The Morgan fingerprint density at radius 3 is 2.88 bits per heavy atom. The molecule has 2 aromatic carbocycles. The monoisotopic (exact) mass is 349 g/mol. The molecule has 132 valence electrons. The van der Waals surface area contributed by atoms with E-state index in [1.807, 2.05) is 36.4 Å². The van der Waals surface area contributed by atoms with Crippen LogP contribution in [0, 0.1) is 12.8 Å². The largest absolute Gasteiger partial charge is 0.441 e. The Morgan fingerprint density at radius 2 is 2.08 bits per heavy atom. The zero-order valence-corrected chi connectivity index (χ0v) is 14.4. The van der Waals surface area contributed by atoms with E-state index in [1.165, 1.54) is 0 Å². The highest BCUT2D eigenvalue weighted by atomic mass is 16.3. The van der Waals surface area contributed by atoms with E-state index < -0.39 is 0 Å². The van der Waals surface area contributed by atoms with Gasteiger partial charge in [-0.3, -0.25) is 9.59 Å². The second kappa shape index (κ2) is 6.63. The lowest BCUT2D eigenvalue weighted by molar-refractivity contribution is -0.128. The predicted molar refractivity (Wildman–Crippen MR) is 97.3 cm³/mol. The number of nitrogens with one attached hydrogen (secondary N) is 1. The molecule has 3 aromatic rings. The van der Waals surface area contributed by atoms with Crippen molar-refractivity contribution in [3.8, 4) is 0 Å². The van der Waals surface area contributed by atoms with E-state index in [-0.39, 0.29) is 24.2 Å². The van der Waals surface area contributed by atoms with Gasteiger partial charge in [0.05, 0.1) is 5.92 Å². The quantitative estimate of drug-likeness (QED) is 0.785. The number of benzene rings is 2. The summed E-state index contributed by atoms with van der Waals surface area (Å²) in [5.74, 6) is 0.0969. The molecule has 0 spiro atoms. The Morgan fingerprint density at radius 1 is 1.27 bits per heavy atom. The lowest BCUT2D eigenvalue weighted by Crippen LogP contribution is -2.28. The molecule has 0 bridgehead atoms. The molecular formula is C20H19N3O3. The van der Waals surface area contributed by atoms with E-state index in [4.69, 9.17) is 4.42 Å². The number of amides is 2. The molecule has 26 heavy (non-hydrogen) atoms. The third-order valence-corrected chi connectivity index (χ3v) is 4.56. The van der Waals surface area contributed by atoms with Crippen LogP contribution < -0.4 is 5.32 Å². The van der Waals surface area contributed by atoms with E-state index in [2.05, 4.69) is 10.3 Å². The molecule has 1 aromatic heterocycles. The topological polar surface area (TPSA) is 75.4 Å². The zero-order chi connectivity index (χ0) is 18.1. The molecule has 1 atom stereocenters. The van der Waals surface area contributed by atoms with Crippen LogP contribution in [-0.2, 0) is 16.1 Å². The van der Waals surface area contributed by atoms with Crippen molar-refractivity contribution in [3.05, 3.63) is 60.0 Å². The lowest BCUT2D eigenvalue weighted by atomic mass is 10.1. The average Bonchev–Trinajstić information content (AvgIpc) is 3.17. The van der Waals surface area contributed by atoms with Crippen molar-refractivity contribution >= 4 is 28.6 Å². The molecule has 6 nitrogen and oxygen atoms in total. The Hall–Kier alpha value is -3.15. The number of anilines is 1. The van der Waals surface area contributed by atoms with Crippen LogP contribution in [0.15, 0.2) is 52.9 Å². The normalized spacial score (nSPS) is 17.0. The van der Waals surface area contributed by atoms with Gasteiger partial charge in [0.25, 0.3) is 0 Å². The number of rotatable bonds is 4. The summed E-state index contributed by atoms with van der Waals surface area (Å²) in [6, 6.07) is 15.2. The molecule has 1 N–H and O–H groups in total. The molecule has 4 rings (SSSR count). The van der Waals surface area contributed by atoms with E-state index in [0.29, 0.717) is 30.3 Å². The Bertz CT molecular complexity index is 965. The van der Waals surface area contributed by atoms with E-state index in [1.54, 1.807) is 24.0 Å². The van der Waals surface area contributed by atoms with Crippen LogP contribution in [0.5, 0.6) is 0 Å². The highest BCUT2D eigenvalue weighted by molar-refractivity contribution is 5.98. The van der Waals surface area contributed by atoms with E-state index in [9.17, 15) is 9.59 Å². The first-order valence-electron chi connectivity index (χ1n) is 8.58. The van der Waals surface area contributed by atoms with Crippen molar-refractivity contribution in [2.75, 3.05) is 11.9 Å². The summed E-state index contributed by atoms with van der Waals surface area (Å²) in [6.07, 6.45) is 0.238. The summed E-state index contributed by atoms with van der Waals surface area (Å²) in [5, 5.41) is 2.88. The summed E-state index contributed by atoms with van der Waals surface area (Å²) in [5.41, 5.74) is 3.10.